The molecule has 2 aromatic carbocycles. The maximum absolute atomic E-state index is 11.2. The van der Waals surface area contributed by atoms with Gasteiger partial charge in [0.05, 0.1) is 0 Å². The number of hydrogen-bond donors (Lipinski definition) is 0. The molecule has 0 atom stereocenters. The van der Waals surface area contributed by atoms with Crippen LogP contribution in [0.5, 0.6) is 5.75 Å². The molecule has 0 bridgehead atoms. The molecular formula is C18H18O2. The van der Waals surface area contributed by atoms with Crippen molar-refractivity contribution in [3.05, 3.63) is 64.2 Å². The lowest BCUT2D eigenvalue weighted by atomic mass is 9.98. The maximum Gasteiger partial charge on any atom is 0.150 e. The van der Waals surface area contributed by atoms with Gasteiger partial charge in [0, 0.05) is 5.56 Å². The molecule has 0 N–H and O–H groups in total. The minimum Gasteiger partial charge on any atom is -0.489 e. The van der Waals surface area contributed by atoms with Crippen LogP contribution >= 0.6 is 0 Å². The topological polar surface area (TPSA) is 26.3 Å². The Morgan fingerprint density at radius 1 is 1.15 bits per heavy atom. The van der Waals surface area contributed by atoms with Gasteiger partial charge in [0.25, 0.3) is 0 Å². The third kappa shape index (κ3) is 2.34. The van der Waals surface area contributed by atoms with Crippen molar-refractivity contribution in [3.8, 4) is 5.75 Å². The number of aldehydes is 1. The van der Waals surface area contributed by atoms with Crippen molar-refractivity contribution in [3.63, 3.8) is 0 Å². The summed E-state index contributed by atoms with van der Waals surface area (Å²) in [6.07, 6.45) is 4.11. The number of benzene rings is 2. The molecule has 2 heteroatoms. The fourth-order valence-corrected chi connectivity index (χ4v) is 2.94. The van der Waals surface area contributed by atoms with Crippen LogP contribution in [0.3, 0.4) is 0 Å². The zero-order chi connectivity index (χ0) is 13.9. The predicted octanol–water partition coefficient (Wildman–Crippen LogP) is 3.88. The van der Waals surface area contributed by atoms with Gasteiger partial charge >= 0.3 is 0 Å². The van der Waals surface area contributed by atoms with Crippen LogP contribution in [0.25, 0.3) is 0 Å². The van der Waals surface area contributed by atoms with E-state index in [-0.39, 0.29) is 0 Å². The monoisotopic (exact) mass is 266 g/mol. The van der Waals surface area contributed by atoms with Crippen LogP contribution in [-0.4, -0.2) is 6.29 Å². The lowest BCUT2D eigenvalue weighted by Gasteiger charge is -2.14. The van der Waals surface area contributed by atoms with Crippen LogP contribution in [0.1, 0.15) is 39.0 Å². The highest BCUT2D eigenvalue weighted by Crippen LogP contribution is 2.35. The fraction of sp³-hybridized carbons (Fsp3) is 0.278. The number of fused-ring (bicyclic) bond motifs is 1. The quantitative estimate of drug-likeness (QED) is 0.785. The highest BCUT2D eigenvalue weighted by Gasteiger charge is 2.21. The Morgan fingerprint density at radius 3 is 2.65 bits per heavy atom. The van der Waals surface area contributed by atoms with Crippen molar-refractivity contribution < 1.29 is 9.53 Å². The average Bonchev–Trinajstić information content (AvgIpc) is 2.95. The molecule has 102 valence electrons. The van der Waals surface area contributed by atoms with E-state index in [0.717, 1.165) is 48.0 Å². The summed E-state index contributed by atoms with van der Waals surface area (Å²) < 4.78 is 6.00. The van der Waals surface area contributed by atoms with Gasteiger partial charge in [-0.1, -0.05) is 30.3 Å². The Kier molecular flexibility index (Phi) is 3.55. The van der Waals surface area contributed by atoms with E-state index < -0.39 is 0 Å². The molecule has 3 rings (SSSR count). The molecule has 0 aromatic heterocycles. The van der Waals surface area contributed by atoms with Crippen molar-refractivity contribution in [2.45, 2.75) is 32.8 Å². The lowest BCUT2D eigenvalue weighted by Crippen LogP contribution is -2.02. The summed E-state index contributed by atoms with van der Waals surface area (Å²) in [6, 6.07) is 12.2. The molecule has 20 heavy (non-hydrogen) atoms. The Labute approximate surface area is 119 Å². The van der Waals surface area contributed by atoms with Gasteiger partial charge in [0.2, 0.25) is 0 Å². The first-order valence-electron chi connectivity index (χ1n) is 7.07. The van der Waals surface area contributed by atoms with Crippen LogP contribution in [0.4, 0.5) is 0 Å². The van der Waals surface area contributed by atoms with E-state index in [4.69, 9.17) is 4.74 Å². The molecule has 0 spiro atoms. The summed E-state index contributed by atoms with van der Waals surface area (Å²) in [5, 5.41) is 0. The standard InChI is InChI=1S/C18H18O2/c1-13-10-18(20-12-14-6-3-2-4-7-14)16-9-5-8-15(16)17(13)11-19/h2-4,6-7,10-11H,5,8-9,12H2,1H3. The molecule has 0 radical (unpaired) electrons. The normalized spacial score (nSPS) is 13.1. The highest BCUT2D eigenvalue weighted by molar-refractivity contribution is 5.81. The molecular weight excluding hydrogens is 248 g/mol. The van der Waals surface area contributed by atoms with Crippen LogP contribution < -0.4 is 4.74 Å². The van der Waals surface area contributed by atoms with Gasteiger partial charge in [-0.25, -0.2) is 0 Å². The summed E-state index contributed by atoms with van der Waals surface area (Å²) in [7, 11) is 0. The Bertz CT molecular complexity index is 630. The first-order chi connectivity index (χ1) is 9.79. The van der Waals surface area contributed by atoms with Gasteiger partial charge in [0.15, 0.2) is 6.29 Å². The van der Waals surface area contributed by atoms with Crippen molar-refractivity contribution in [1.29, 1.82) is 0 Å². The van der Waals surface area contributed by atoms with E-state index in [2.05, 4.69) is 12.1 Å². The zero-order valence-corrected chi connectivity index (χ0v) is 11.7. The largest absolute Gasteiger partial charge is 0.489 e. The van der Waals surface area contributed by atoms with Gasteiger partial charge in [-0.2, -0.15) is 0 Å². The molecule has 2 aromatic rings. The van der Waals surface area contributed by atoms with Crippen molar-refractivity contribution in [1.82, 2.24) is 0 Å². The van der Waals surface area contributed by atoms with Crippen LogP contribution in [-0.2, 0) is 19.4 Å². The number of ether oxygens (including phenoxy) is 1. The van der Waals surface area contributed by atoms with Crippen LogP contribution in [0.2, 0.25) is 0 Å². The predicted molar refractivity (Wildman–Crippen MR) is 79.4 cm³/mol. The number of carbonyl (C=O) groups excluding carboxylic acids is 1. The second-order valence-electron chi connectivity index (χ2n) is 5.31. The van der Waals surface area contributed by atoms with Crippen molar-refractivity contribution in [2.75, 3.05) is 0 Å². The van der Waals surface area contributed by atoms with Gasteiger partial charge in [-0.3, -0.25) is 4.79 Å². The third-order valence-electron chi connectivity index (χ3n) is 3.97. The molecule has 0 saturated carbocycles. The number of rotatable bonds is 4. The van der Waals surface area contributed by atoms with Gasteiger partial charge < -0.3 is 4.74 Å². The summed E-state index contributed by atoms with van der Waals surface area (Å²) >= 11 is 0. The molecule has 1 aliphatic carbocycles. The molecule has 0 saturated heterocycles. The average molecular weight is 266 g/mol. The zero-order valence-electron chi connectivity index (χ0n) is 11.7. The van der Waals surface area contributed by atoms with E-state index >= 15 is 0 Å². The smallest absolute Gasteiger partial charge is 0.150 e. The molecule has 0 heterocycles. The van der Waals surface area contributed by atoms with E-state index in [0.29, 0.717) is 6.61 Å². The summed E-state index contributed by atoms with van der Waals surface area (Å²) in [4.78, 5) is 11.2. The highest BCUT2D eigenvalue weighted by atomic mass is 16.5. The first-order valence-corrected chi connectivity index (χ1v) is 7.07. The molecule has 0 aliphatic heterocycles. The second kappa shape index (κ2) is 5.49. The number of hydrogen-bond acceptors (Lipinski definition) is 2. The summed E-state index contributed by atoms with van der Waals surface area (Å²) in [5.74, 6) is 0.949. The van der Waals surface area contributed by atoms with E-state index in [1.54, 1.807) is 0 Å². The second-order valence-corrected chi connectivity index (χ2v) is 5.31. The summed E-state index contributed by atoms with van der Waals surface area (Å²) in [6.45, 7) is 2.56. The summed E-state index contributed by atoms with van der Waals surface area (Å²) in [5.41, 5.74) is 5.47. The number of aryl methyl sites for hydroxylation is 1. The first kappa shape index (κ1) is 12.9. The molecule has 2 nitrogen and oxygen atoms in total. The van der Waals surface area contributed by atoms with Gasteiger partial charge in [-0.15, -0.1) is 0 Å². The Balaban J connectivity index is 1.89. The van der Waals surface area contributed by atoms with E-state index in [1.165, 1.54) is 11.1 Å². The van der Waals surface area contributed by atoms with E-state index in [1.807, 2.05) is 31.2 Å². The lowest BCUT2D eigenvalue weighted by molar-refractivity contribution is 0.112. The molecule has 0 fully saturated rings. The van der Waals surface area contributed by atoms with Crippen molar-refractivity contribution >= 4 is 6.29 Å². The fourth-order valence-electron chi connectivity index (χ4n) is 2.94. The Morgan fingerprint density at radius 2 is 1.90 bits per heavy atom. The minimum absolute atomic E-state index is 0.577. The van der Waals surface area contributed by atoms with Crippen LogP contribution in [0, 0.1) is 6.92 Å². The molecule has 1 aliphatic rings. The maximum atomic E-state index is 11.2. The molecule has 0 amide bonds. The van der Waals surface area contributed by atoms with Crippen molar-refractivity contribution in [2.24, 2.45) is 0 Å². The SMILES string of the molecule is Cc1cc(OCc2ccccc2)c2c(c1C=O)CCC2. The number of carbonyl (C=O) groups is 1. The molecule has 0 unspecified atom stereocenters. The minimum atomic E-state index is 0.577. The van der Waals surface area contributed by atoms with Crippen LogP contribution in [0.15, 0.2) is 36.4 Å². The van der Waals surface area contributed by atoms with Gasteiger partial charge in [0.1, 0.15) is 12.4 Å². The Hall–Kier alpha value is -2.09. The third-order valence-corrected chi connectivity index (χ3v) is 3.97. The van der Waals surface area contributed by atoms with Gasteiger partial charge in [-0.05, 0) is 54.5 Å². The van der Waals surface area contributed by atoms with E-state index in [9.17, 15) is 4.79 Å².